The van der Waals surface area contributed by atoms with E-state index in [2.05, 4.69) is 5.10 Å². The summed E-state index contributed by atoms with van der Waals surface area (Å²) >= 11 is 0. The molecule has 2 fully saturated rings. The Morgan fingerprint density at radius 1 is 1.29 bits per heavy atom. The van der Waals surface area contributed by atoms with Crippen LogP contribution in [0.3, 0.4) is 0 Å². The Bertz CT molecular complexity index is 724. The van der Waals surface area contributed by atoms with Gasteiger partial charge in [0.1, 0.15) is 5.82 Å². The van der Waals surface area contributed by atoms with Crippen LogP contribution in [0, 0.1) is 5.82 Å². The van der Waals surface area contributed by atoms with Gasteiger partial charge in [-0.2, -0.15) is 5.10 Å². The molecule has 0 bridgehead atoms. The van der Waals surface area contributed by atoms with Gasteiger partial charge in [-0.25, -0.2) is 4.39 Å². The summed E-state index contributed by atoms with van der Waals surface area (Å²) in [6, 6.07) is 8.68. The van der Waals surface area contributed by atoms with E-state index in [1.807, 2.05) is 27.9 Å². The normalized spacial score (nSPS) is 22.4. The van der Waals surface area contributed by atoms with Gasteiger partial charge in [-0.05, 0) is 49.4 Å². The van der Waals surface area contributed by atoms with Gasteiger partial charge in [0, 0.05) is 18.9 Å². The molecular weight excluding hydrogens is 305 g/mol. The number of amides is 1. The maximum Gasteiger partial charge on any atom is 0.233 e. The van der Waals surface area contributed by atoms with Gasteiger partial charge in [0.25, 0.3) is 0 Å². The number of nitrogens with zero attached hydrogens (tertiary/aromatic N) is 3. The van der Waals surface area contributed by atoms with Crippen LogP contribution in [0.15, 0.2) is 42.7 Å². The predicted molar refractivity (Wildman–Crippen MR) is 88.9 cm³/mol. The lowest BCUT2D eigenvalue weighted by Crippen LogP contribution is -2.53. The summed E-state index contributed by atoms with van der Waals surface area (Å²) in [7, 11) is 0. The van der Waals surface area contributed by atoms with E-state index < -0.39 is 5.41 Å². The smallest absolute Gasteiger partial charge is 0.233 e. The molecule has 4 rings (SSSR count). The third-order valence-electron chi connectivity index (χ3n) is 5.59. The minimum Gasteiger partial charge on any atom is -0.337 e. The molecule has 1 aliphatic carbocycles. The van der Waals surface area contributed by atoms with Crippen molar-refractivity contribution < 1.29 is 9.18 Å². The molecule has 2 aromatic rings. The lowest BCUT2D eigenvalue weighted by molar-refractivity contribution is -0.142. The number of benzene rings is 1. The maximum absolute atomic E-state index is 13.7. The van der Waals surface area contributed by atoms with Crippen molar-refractivity contribution in [1.82, 2.24) is 14.7 Å². The fourth-order valence-electron chi connectivity index (χ4n) is 4.13. The molecule has 126 valence electrons. The Morgan fingerprint density at radius 2 is 2.17 bits per heavy atom. The Hall–Kier alpha value is -2.17. The standard InChI is InChI=1S/C19H22FN3O/c20-16-6-1-5-15(13-16)19(8-3-9-19)18(24)23-12-2-7-17(23)14-22-11-4-10-21-22/h1,4-6,10-11,13,17H,2-3,7-9,12,14H2. The first-order valence-corrected chi connectivity index (χ1v) is 8.74. The van der Waals surface area contributed by atoms with Crippen LogP contribution < -0.4 is 0 Å². The molecule has 0 radical (unpaired) electrons. The fraction of sp³-hybridized carbons (Fsp3) is 0.474. The zero-order chi connectivity index (χ0) is 16.6. The van der Waals surface area contributed by atoms with Gasteiger partial charge in [0.05, 0.1) is 18.0 Å². The van der Waals surface area contributed by atoms with E-state index in [1.165, 1.54) is 12.1 Å². The van der Waals surface area contributed by atoms with Crippen LogP contribution in [0.2, 0.25) is 0 Å². The molecule has 1 amide bonds. The van der Waals surface area contributed by atoms with Crippen LogP contribution >= 0.6 is 0 Å². The molecule has 2 aliphatic rings. The first-order valence-electron chi connectivity index (χ1n) is 8.74. The average Bonchev–Trinajstić information content (AvgIpc) is 3.18. The highest BCUT2D eigenvalue weighted by molar-refractivity contribution is 5.89. The van der Waals surface area contributed by atoms with Crippen LogP contribution in [-0.2, 0) is 16.8 Å². The summed E-state index contributed by atoms with van der Waals surface area (Å²) in [4.78, 5) is 15.4. The summed E-state index contributed by atoms with van der Waals surface area (Å²) in [5, 5.41) is 4.27. The van der Waals surface area contributed by atoms with Crippen molar-refractivity contribution in [2.45, 2.75) is 50.1 Å². The molecule has 1 aromatic heterocycles. The van der Waals surface area contributed by atoms with E-state index in [0.717, 1.165) is 50.8 Å². The number of likely N-dealkylation sites (tertiary alicyclic amines) is 1. The SMILES string of the molecule is O=C(N1CCCC1Cn1cccn1)C1(c2cccc(F)c2)CCC1. The molecule has 0 spiro atoms. The molecule has 1 aliphatic heterocycles. The van der Waals surface area contributed by atoms with Crippen molar-refractivity contribution in [3.8, 4) is 0 Å². The number of halogens is 1. The van der Waals surface area contributed by atoms with E-state index in [0.29, 0.717) is 0 Å². The zero-order valence-corrected chi connectivity index (χ0v) is 13.7. The topological polar surface area (TPSA) is 38.1 Å². The number of carbonyl (C=O) groups is 1. The van der Waals surface area contributed by atoms with Gasteiger partial charge in [-0.1, -0.05) is 18.6 Å². The molecule has 24 heavy (non-hydrogen) atoms. The quantitative estimate of drug-likeness (QED) is 0.865. The number of hydrogen-bond acceptors (Lipinski definition) is 2. The van der Waals surface area contributed by atoms with E-state index in [-0.39, 0.29) is 17.8 Å². The molecule has 1 unspecified atom stereocenters. The van der Waals surface area contributed by atoms with Gasteiger partial charge >= 0.3 is 0 Å². The van der Waals surface area contributed by atoms with Gasteiger partial charge in [0.15, 0.2) is 0 Å². The monoisotopic (exact) mass is 327 g/mol. The van der Waals surface area contributed by atoms with Crippen LogP contribution in [-0.4, -0.2) is 33.2 Å². The Balaban J connectivity index is 1.59. The molecule has 4 nitrogen and oxygen atoms in total. The van der Waals surface area contributed by atoms with Crippen molar-refractivity contribution in [3.05, 3.63) is 54.1 Å². The molecule has 2 heterocycles. The van der Waals surface area contributed by atoms with E-state index in [4.69, 9.17) is 0 Å². The molecule has 1 aromatic carbocycles. The summed E-state index contributed by atoms with van der Waals surface area (Å²) in [5.41, 5.74) is 0.318. The van der Waals surface area contributed by atoms with Crippen molar-refractivity contribution in [2.24, 2.45) is 0 Å². The molecule has 1 atom stereocenters. The predicted octanol–water partition coefficient (Wildman–Crippen LogP) is 3.14. The highest BCUT2D eigenvalue weighted by Crippen LogP contribution is 2.46. The zero-order valence-electron chi connectivity index (χ0n) is 13.7. The summed E-state index contributed by atoms with van der Waals surface area (Å²) in [6.45, 7) is 1.53. The highest BCUT2D eigenvalue weighted by Gasteiger charge is 2.49. The van der Waals surface area contributed by atoms with E-state index in [1.54, 1.807) is 12.3 Å². The van der Waals surface area contributed by atoms with Gasteiger partial charge in [-0.3, -0.25) is 9.48 Å². The third-order valence-corrected chi connectivity index (χ3v) is 5.59. The second-order valence-corrected chi connectivity index (χ2v) is 6.97. The maximum atomic E-state index is 13.7. The van der Waals surface area contributed by atoms with Crippen LogP contribution in [0.25, 0.3) is 0 Å². The second-order valence-electron chi connectivity index (χ2n) is 6.97. The number of rotatable bonds is 4. The molecule has 0 N–H and O–H groups in total. The van der Waals surface area contributed by atoms with Gasteiger partial charge < -0.3 is 4.90 Å². The summed E-state index contributed by atoms with van der Waals surface area (Å²) < 4.78 is 15.6. The van der Waals surface area contributed by atoms with Crippen LogP contribution in [0.1, 0.15) is 37.7 Å². The number of hydrogen-bond donors (Lipinski definition) is 0. The van der Waals surface area contributed by atoms with Crippen LogP contribution in [0.5, 0.6) is 0 Å². The Morgan fingerprint density at radius 3 is 2.83 bits per heavy atom. The van der Waals surface area contributed by atoms with Gasteiger partial charge in [-0.15, -0.1) is 0 Å². The molecule has 1 saturated heterocycles. The third kappa shape index (κ3) is 2.52. The fourth-order valence-corrected chi connectivity index (χ4v) is 4.13. The minimum atomic E-state index is -0.519. The second kappa shape index (κ2) is 6.04. The van der Waals surface area contributed by atoms with Gasteiger partial charge in [0.2, 0.25) is 5.91 Å². The van der Waals surface area contributed by atoms with Crippen molar-refractivity contribution in [1.29, 1.82) is 0 Å². The molecular formula is C19H22FN3O. The number of aromatic nitrogens is 2. The minimum absolute atomic E-state index is 0.175. The van der Waals surface area contributed by atoms with Crippen molar-refractivity contribution >= 4 is 5.91 Å². The number of carbonyl (C=O) groups excluding carboxylic acids is 1. The lowest BCUT2D eigenvalue weighted by atomic mass is 9.63. The van der Waals surface area contributed by atoms with E-state index >= 15 is 0 Å². The summed E-state index contributed by atoms with van der Waals surface area (Å²) in [6.07, 6.45) is 8.40. The largest absolute Gasteiger partial charge is 0.337 e. The Labute approximate surface area is 141 Å². The first kappa shape index (κ1) is 15.4. The van der Waals surface area contributed by atoms with Crippen LogP contribution in [0.4, 0.5) is 4.39 Å². The van der Waals surface area contributed by atoms with Crippen molar-refractivity contribution in [3.63, 3.8) is 0 Å². The lowest BCUT2D eigenvalue weighted by Gasteiger charge is -2.44. The highest BCUT2D eigenvalue weighted by atomic mass is 19.1. The summed E-state index contributed by atoms with van der Waals surface area (Å²) in [5.74, 6) is -0.0879. The van der Waals surface area contributed by atoms with E-state index in [9.17, 15) is 9.18 Å². The molecule has 1 saturated carbocycles. The Kier molecular flexibility index (Phi) is 3.87. The first-order chi connectivity index (χ1) is 11.7. The molecule has 5 heteroatoms. The van der Waals surface area contributed by atoms with Crippen molar-refractivity contribution in [2.75, 3.05) is 6.54 Å². The average molecular weight is 327 g/mol.